The first-order valence-electron chi connectivity index (χ1n) is 16.6. The number of carboxylic acid groups (broad SMARTS) is 1. The van der Waals surface area contributed by atoms with Crippen molar-refractivity contribution >= 4 is 42.2 Å². The molecule has 0 aromatic heterocycles. The smallest absolute Gasteiger partial charge is 0.326 e. The molecule has 4 amide bonds. The maximum absolute atomic E-state index is 13.5. The molecule has 3 atom stereocenters. The minimum atomic E-state index is -1.27. The molecular formula is C35H49N5O7S. The maximum Gasteiger partial charge on any atom is 0.326 e. The molecule has 0 saturated carbocycles. The molecule has 0 radical (unpaired) electrons. The Balaban J connectivity index is 1.57. The van der Waals surface area contributed by atoms with E-state index in [9.17, 15) is 29.1 Å². The standard InChI is InChI=1S/C35H49N5O7S/c1-2-31(41)37-22-32(42)38-30(23-48)34(44)39-28(20-25-9-4-3-5-10-25)33(43)40-29(35(45)46)21-26-11-13-27(14-12-26)47-19-7-6-8-24-15-17-36-18-16-24/h3-5,9-14,24,28-30,36,48H,2,6-8,15-23H2,1H3,(H,37,41)(H,38,42)(H,39,44)(H,40,43)(H,45,46). The summed E-state index contributed by atoms with van der Waals surface area (Å²) in [6, 6.07) is 12.6. The van der Waals surface area contributed by atoms with Crippen molar-refractivity contribution in [1.29, 1.82) is 0 Å². The summed E-state index contributed by atoms with van der Waals surface area (Å²) in [4.78, 5) is 62.7. The highest BCUT2D eigenvalue weighted by Gasteiger charge is 2.29. The van der Waals surface area contributed by atoms with Crippen LogP contribution in [0, 0.1) is 5.92 Å². The fourth-order valence-electron chi connectivity index (χ4n) is 5.40. The Labute approximate surface area is 287 Å². The van der Waals surface area contributed by atoms with Gasteiger partial charge in [-0.05, 0) is 68.0 Å². The lowest BCUT2D eigenvalue weighted by Gasteiger charge is -2.24. The van der Waals surface area contributed by atoms with Gasteiger partial charge in [0.2, 0.25) is 23.6 Å². The number of benzene rings is 2. The SMILES string of the molecule is CCC(=O)NCC(=O)NC(CS)C(=O)NC(Cc1ccccc1)C(=O)NC(Cc1ccc(OCCCCC2CCNCC2)cc1)C(=O)O. The number of amides is 4. The monoisotopic (exact) mass is 683 g/mol. The summed E-state index contributed by atoms with van der Waals surface area (Å²) in [6.07, 6.45) is 6.08. The minimum absolute atomic E-state index is 0.0163. The minimum Gasteiger partial charge on any atom is -0.494 e. The van der Waals surface area contributed by atoms with Crippen LogP contribution in [0.4, 0.5) is 0 Å². The van der Waals surface area contributed by atoms with Crippen molar-refractivity contribution in [2.75, 3.05) is 32.0 Å². The van der Waals surface area contributed by atoms with E-state index in [4.69, 9.17) is 4.74 Å². The van der Waals surface area contributed by atoms with Gasteiger partial charge >= 0.3 is 5.97 Å². The lowest BCUT2D eigenvalue weighted by molar-refractivity contribution is -0.142. The highest BCUT2D eigenvalue weighted by Crippen LogP contribution is 2.19. The van der Waals surface area contributed by atoms with Gasteiger partial charge < -0.3 is 36.4 Å². The molecule has 1 heterocycles. The third-order valence-corrected chi connectivity index (χ3v) is 8.59. The number of piperidine rings is 1. The van der Waals surface area contributed by atoms with Gasteiger partial charge in [-0.2, -0.15) is 12.6 Å². The van der Waals surface area contributed by atoms with Crippen LogP contribution < -0.4 is 31.3 Å². The van der Waals surface area contributed by atoms with Gasteiger partial charge in [0.05, 0.1) is 13.2 Å². The molecule has 0 spiro atoms. The first-order chi connectivity index (χ1) is 23.2. The first kappa shape index (κ1) is 38.3. The average Bonchev–Trinajstić information content (AvgIpc) is 3.10. The molecule has 1 aliphatic heterocycles. The molecule has 1 saturated heterocycles. The summed E-state index contributed by atoms with van der Waals surface area (Å²) in [5.41, 5.74) is 1.43. The average molecular weight is 684 g/mol. The number of rotatable bonds is 20. The number of carboxylic acids is 1. The van der Waals surface area contributed by atoms with E-state index in [0.717, 1.165) is 37.4 Å². The van der Waals surface area contributed by atoms with Gasteiger partial charge in [-0.15, -0.1) is 0 Å². The van der Waals surface area contributed by atoms with Gasteiger partial charge in [-0.1, -0.05) is 55.8 Å². The Morgan fingerprint density at radius 1 is 0.833 bits per heavy atom. The van der Waals surface area contributed by atoms with Gasteiger partial charge in [0.15, 0.2) is 0 Å². The number of ether oxygens (including phenoxy) is 1. The van der Waals surface area contributed by atoms with E-state index >= 15 is 0 Å². The lowest BCUT2D eigenvalue weighted by Crippen LogP contribution is -2.57. The summed E-state index contributed by atoms with van der Waals surface area (Å²) < 4.78 is 5.89. The van der Waals surface area contributed by atoms with E-state index in [1.54, 1.807) is 55.5 Å². The van der Waals surface area contributed by atoms with Crippen LogP contribution in [0.5, 0.6) is 5.75 Å². The Hall–Kier alpha value is -4.10. The number of unbranched alkanes of at least 4 members (excludes halogenated alkanes) is 1. The summed E-state index contributed by atoms with van der Waals surface area (Å²) in [6.45, 7) is 4.15. The van der Waals surface area contributed by atoms with Crippen molar-refractivity contribution in [1.82, 2.24) is 26.6 Å². The van der Waals surface area contributed by atoms with Crippen LogP contribution in [-0.2, 0) is 36.8 Å². The molecule has 48 heavy (non-hydrogen) atoms. The summed E-state index contributed by atoms with van der Waals surface area (Å²) >= 11 is 4.17. The van der Waals surface area contributed by atoms with E-state index in [0.29, 0.717) is 17.9 Å². The third-order valence-electron chi connectivity index (χ3n) is 8.23. The number of thiol groups is 1. The normalized spacial score (nSPS) is 15.0. The Kier molecular flexibility index (Phi) is 16.8. The second kappa shape index (κ2) is 21.0. The van der Waals surface area contributed by atoms with Gasteiger partial charge in [0, 0.05) is 25.0 Å². The van der Waals surface area contributed by atoms with Crippen molar-refractivity contribution in [3.8, 4) is 5.75 Å². The maximum atomic E-state index is 13.5. The van der Waals surface area contributed by atoms with E-state index in [-0.39, 0.29) is 37.5 Å². The van der Waals surface area contributed by atoms with Crippen LogP contribution in [0.1, 0.15) is 56.6 Å². The number of carbonyl (C=O) groups is 5. The van der Waals surface area contributed by atoms with Gasteiger partial charge in [-0.3, -0.25) is 19.2 Å². The second-order valence-corrected chi connectivity index (χ2v) is 12.3. The molecule has 12 nitrogen and oxygen atoms in total. The first-order valence-corrected chi connectivity index (χ1v) is 17.3. The van der Waals surface area contributed by atoms with Crippen LogP contribution in [0.25, 0.3) is 0 Å². The van der Waals surface area contributed by atoms with Crippen LogP contribution in [-0.4, -0.2) is 84.8 Å². The topological polar surface area (TPSA) is 175 Å². The zero-order valence-electron chi connectivity index (χ0n) is 27.5. The molecular weight excluding hydrogens is 634 g/mol. The van der Waals surface area contributed by atoms with Crippen LogP contribution >= 0.6 is 12.6 Å². The van der Waals surface area contributed by atoms with Crippen molar-refractivity contribution in [3.05, 3.63) is 65.7 Å². The molecule has 262 valence electrons. The number of aliphatic carboxylic acids is 1. The van der Waals surface area contributed by atoms with E-state index in [1.807, 2.05) is 6.07 Å². The Morgan fingerprint density at radius 3 is 2.10 bits per heavy atom. The van der Waals surface area contributed by atoms with Crippen molar-refractivity contribution in [2.45, 2.75) is 76.4 Å². The molecule has 0 aliphatic carbocycles. The Morgan fingerprint density at radius 2 is 1.46 bits per heavy atom. The van der Waals surface area contributed by atoms with Gasteiger partial charge in [-0.25, -0.2) is 4.79 Å². The molecule has 1 fully saturated rings. The predicted molar refractivity (Wildman–Crippen MR) is 186 cm³/mol. The fraction of sp³-hybridized carbons (Fsp3) is 0.514. The molecule has 6 N–H and O–H groups in total. The fourth-order valence-corrected chi connectivity index (χ4v) is 5.66. The summed E-state index contributed by atoms with van der Waals surface area (Å²) in [5, 5.41) is 23.5. The molecule has 2 aromatic rings. The number of nitrogens with one attached hydrogen (secondary N) is 5. The third kappa shape index (κ3) is 13.9. The van der Waals surface area contributed by atoms with Gasteiger partial charge in [0.25, 0.3) is 0 Å². The van der Waals surface area contributed by atoms with Crippen LogP contribution in [0.3, 0.4) is 0 Å². The number of hydrogen-bond acceptors (Lipinski definition) is 8. The zero-order valence-corrected chi connectivity index (χ0v) is 28.4. The van der Waals surface area contributed by atoms with E-state index < -0.39 is 41.8 Å². The lowest BCUT2D eigenvalue weighted by atomic mass is 9.93. The highest BCUT2D eigenvalue weighted by atomic mass is 32.1. The second-order valence-electron chi connectivity index (χ2n) is 12.0. The highest BCUT2D eigenvalue weighted by molar-refractivity contribution is 7.80. The van der Waals surface area contributed by atoms with E-state index in [2.05, 4.69) is 39.2 Å². The molecule has 3 unspecified atom stereocenters. The summed E-state index contributed by atoms with van der Waals surface area (Å²) in [5.74, 6) is -2.09. The molecule has 3 rings (SSSR count). The van der Waals surface area contributed by atoms with Crippen molar-refractivity contribution < 1.29 is 33.8 Å². The largest absolute Gasteiger partial charge is 0.494 e. The number of hydrogen-bond donors (Lipinski definition) is 7. The molecule has 13 heteroatoms. The van der Waals surface area contributed by atoms with Crippen LogP contribution in [0.2, 0.25) is 0 Å². The zero-order chi connectivity index (χ0) is 34.7. The van der Waals surface area contributed by atoms with Crippen LogP contribution in [0.15, 0.2) is 54.6 Å². The molecule has 2 aromatic carbocycles. The van der Waals surface area contributed by atoms with Crippen molar-refractivity contribution in [3.63, 3.8) is 0 Å². The van der Waals surface area contributed by atoms with Gasteiger partial charge in [0.1, 0.15) is 23.9 Å². The molecule has 1 aliphatic rings. The predicted octanol–water partition coefficient (Wildman–Crippen LogP) is 2.02. The quantitative estimate of drug-likeness (QED) is 0.0820. The van der Waals surface area contributed by atoms with Crippen molar-refractivity contribution in [2.24, 2.45) is 5.92 Å². The Bertz CT molecular complexity index is 1320. The summed E-state index contributed by atoms with van der Waals surface area (Å²) in [7, 11) is 0. The molecule has 0 bridgehead atoms. The number of carbonyl (C=O) groups excluding carboxylic acids is 4. The van der Waals surface area contributed by atoms with E-state index in [1.165, 1.54) is 19.3 Å².